The van der Waals surface area contributed by atoms with E-state index >= 15 is 0 Å². The molecule has 1 aliphatic heterocycles. The van der Waals surface area contributed by atoms with Crippen molar-refractivity contribution in [1.29, 1.82) is 0 Å². The first kappa shape index (κ1) is 13.7. The summed E-state index contributed by atoms with van der Waals surface area (Å²) in [7, 11) is 3.49. The van der Waals surface area contributed by atoms with Gasteiger partial charge >= 0.3 is 0 Å². The number of nitrogen functional groups attached to an aromatic ring is 1. The van der Waals surface area contributed by atoms with Gasteiger partial charge in [-0.15, -0.1) is 0 Å². The third-order valence-corrected chi connectivity index (χ3v) is 4.01. The molecule has 4 nitrogen and oxygen atoms in total. The fraction of sp³-hybridized carbons (Fsp3) is 0.533. The Bertz CT molecular complexity index is 474. The molecule has 0 radical (unpaired) electrons. The third kappa shape index (κ3) is 2.67. The Balaban J connectivity index is 2.23. The lowest BCUT2D eigenvalue weighted by Crippen LogP contribution is -2.23. The minimum atomic E-state index is -0.0126. The lowest BCUT2D eigenvalue weighted by atomic mass is 10.0. The number of hydrogen-bond acceptors (Lipinski definition) is 3. The molecule has 4 heteroatoms. The van der Waals surface area contributed by atoms with Crippen molar-refractivity contribution >= 4 is 17.3 Å². The minimum Gasteiger partial charge on any atom is -0.397 e. The van der Waals surface area contributed by atoms with Crippen LogP contribution in [0, 0.1) is 11.8 Å². The number of nitrogens with two attached hydrogens (primary N) is 1. The van der Waals surface area contributed by atoms with Gasteiger partial charge in [0.05, 0.1) is 11.4 Å². The summed E-state index contributed by atoms with van der Waals surface area (Å²) in [5.41, 5.74) is 8.50. The fourth-order valence-corrected chi connectivity index (χ4v) is 2.56. The molecule has 1 aromatic rings. The second kappa shape index (κ2) is 5.11. The van der Waals surface area contributed by atoms with E-state index in [2.05, 4.69) is 18.7 Å². The molecule has 0 saturated carbocycles. The maximum Gasteiger partial charge on any atom is 0.253 e. The van der Waals surface area contributed by atoms with Gasteiger partial charge in [0.15, 0.2) is 0 Å². The van der Waals surface area contributed by atoms with Crippen molar-refractivity contribution in [2.45, 2.75) is 13.8 Å². The van der Waals surface area contributed by atoms with Crippen LogP contribution in [0.4, 0.5) is 11.4 Å². The molecule has 1 aliphatic rings. The van der Waals surface area contributed by atoms with E-state index in [9.17, 15) is 4.79 Å². The van der Waals surface area contributed by atoms with E-state index in [1.54, 1.807) is 25.1 Å². The predicted octanol–water partition coefficient (Wildman–Crippen LogP) is 2.06. The van der Waals surface area contributed by atoms with Gasteiger partial charge in [-0.25, -0.2) is 0 Å². The molecule has 1 fully saturated rings. The molecule has 104 valence electrons. The molecule has 0 aliphatic carbocycles. The van der Waals surface area contributed by atoms with Gasteiger partial charge in [-0.3, -0.25) is 4.79 Å². The molecule has 2 rings (SSSR count). The van der Waals surface area contributed by atoms with Gasteiger partial charge in [0.25, 0.3) is 5.91 Å². The summed E-state index contributed by atoms with van der Waals surface area (Å²) in [6.07, 6.45) is 0. The lowest BCUT2D eigenvalue weighted by Gasteiger charge is -2.21. The Morgan fingerprint density at radius 2 is 1.84 bits per heavy atom. The number of nitrogens with zero attached hydrogens (tertiary/aromatic N) is 2. The van der Waals surface area contributed by atoms with E-state index in [1.807, 2.05) is 12.1 Å². The van der Waals surface area contributed by atoms with E-state index in [4.69, 9.17) is 5.73 Å². The molecular weight excluding hydrogens is 238 g/mol. The van der Waals surface area contributed by atoms with Crippen LogP contribution in [0.2, 0.25) is 0 Å². The van der Waals surface area contributed by atoms with Crippen LogP contribution in [0.3, 0.4) is 0 Å². The Kier molecular flexibility index (Phi) is 3.69. The molecule has 19 heavy (non-hydrogen) atoms. The van der Waals surface area contributed by atoms with E-state index in [0.717, 1.165) is 18.8 Å². The van der Waals surface area contributed by atoms with E-state index in [0.29, 0.717) is 23.1 Å². The first-order chi connectivity index (χ1) is 8.90. The van der Waals surface area contributed by atoms with Crippen LogP contribution in [0.5, 0.6) is 0 Å². The molecule has 2 atom stereocenters. The van der Waals surface area contributed by atoms with Gasteiger partial charge in [-0.2, -0.15) is 0 Å². The van der Waals surface area contributed by atoms with E-state index in [-0.39, 0.29) is 5.91 Å². The van der Waals surface area contributed by atoms with Crippen molar-refractivity contribution in [3.8, 4) is 0 Å². The van der Waals surface area contributed by atoms with Crippen LogP contribution in [0.25, 0.3) is 0 Å². The highest BCUT2D eigenvalue weighted by atomic mass is 16.2. The highest BCUT2D eigenvalue weighted by Gasteiger charge is 2.27. The number of anilines is 2. The molecule has 1 heterocycles. The number of carbonyl (C=O) groups is 1. The quantitative estimate of drug-likeness (QED) is 0.829. The number of carbonyl (C=O) groups excluding carboxylic acids is 1. The average Bonchev–Trinajstić information content (AvgIpc) is 2.68. The van der Waals surface area contributed by atoms with Crippen LogP contribution in [0.1, 0.15) is 24.2 Å². The van der Waals surface area contributed by atoms with Gasteiger partial charge in [0.1, 0.15) is 0 Å². The molecule has 2 unspecified atom stereocenters. The van der Waals surface area contributed by atoms with Gasteiger partial charge in [-0.1, -0.05) is 13.8 Å². The van der Waals surface area contributed by atoms with E-state index < -0.39 is 0 Å². The molecule has 1 saturated heterocycles. The van der Waals surface area contributed by atoms with Crippen molar-refractivity contribution in [3.63, 3.8) is 0 Å². The maximum absolute atomic E-state index is 11.9. The van der Waals surface area contributed by atoms with Gasteiger partial charge in [0, 0.05) is 32.7 Å². The van der Waals surface area contributed by atoms with Crippen molar-refractivity contribution in [2.24, 2.45) is 11.8 Å². The van der Waals surface area contributed by atoms with Crippen LogP contribution >= 0.6 is 0 Å². The standard InChI is InChI=1S/C15H23N3O/c1-10-8-18(9-11(10)2)14-6-5-12(7-13(14)16)15(19)17(3)4/h5-7,10-11H,8-9,16H2,1-4H3. The van der Waals surface area contributed by atoms with Gasteiger partial charge in [-0.05, 0) is 30.0 Å². The van der Waals surface area contributed by atoms with Gasteiger partial charge < -0.3 is 15.5 Å². The first-order valence-corrected chi connectivity index (χ1v) is 6.76. The molecule has 0 bridgehead atoms. The maximum atomic E-state index is 11.9. The SMILES string of the molecule is CC1CN(c2ccc(C(=O)N(C)C)cc2N)CC1C. The monoisotopic (exact) mass is 261 g/mol. The van der Waals surface area contributed by atoms with Crippen molar-refractivity contribution in [2.75, 3.05) is 37.8 Å². The number of benzene rings is 1. The Morgan fingerprint density at radius 3 is 2.32 bits per heavy atom. The summed E-state index contributed by atoms with van der Waals surface area (Å²) >= 11 is 0. The molecule has 1 amide bonds. The zero-order valence-electron chi connectivity index (χ0n) is 12.2. The highest BCUT2D eigenvalue weighted by Crippen LogP contribution is 2.32. The Labute approximate surface area is 115 Å². The molecule has 0 aromatic heterocycles. The second-order valence-corrected chi connectivity index (χ2v) is 5.83. The van der Waals surface area contributed by atoms with Crippen molar-refractivity contribution < 1.29 is 4.79 Å². The Hall–Kier alpha value is -1.71. The van der Waals surface area contributed by atoms with Crippen molar-refractivity contribution in [1.82, 2.24) is 4.90 Å². The largest absolute Gasteiger partial charge is 0.397 e. The number of hydrogen-bond donors (Lipinski definition) is 1. The Morgan fingerprint density at radius 1 is 1.26 bits per heavy atom. The third-order valence-electron chi connectivity index (χ3n) is 4.01. The zero-order chi connectivity index (χ0) is 14.2. The van der Waals surface area contributed by atoms with Crippen molar-refractivity contribution in [3.05, 3.63) is 23.8 Å². The van der Waals surface area contributed by atoms with Gasteiger partial charge in [0.2, 0.25) is 0 Å². The predicted molar refractivity (Wildman–Crippen MR) is 79.4 cm³/mol. The molecule has 0 spiro atoms. The normalized spacial score (nSPS) is 22.6. The number of amides is 1. The van der Waals surface area contributed by atoms with E-state index in [1.165, 1.54) is 0 Å². The summed E-state index contributed by atoms with van der Waals surface area (Å²) in [6.45, 7) is 6.61. The summed E-state index contributed by atoms with van der Waals surface area (Å²) in [6, 6.07) is 5.61. The summed E-state index contributed by atoms with van der Waals surface area (Å²) in [5, 5.41) is 0. The van der Waals surface area contributed by atoms with Crippen LogP contribution in [0.15, 0.2) is 18.2 Å². The van der Waals surface area contributed by atoms with Crippen LogP contribution in [-0.2, 0) is 0 Å². The zero-order valence-corrected chi connectivity index (χ0v) is 12.2. The topological polar surface area (TPSA) is 49.6 Å². The first-order valence-electron chi connectivity index (χ1n) is 6.76. The highest BCUT2D eigenvalue weighted by molar-refractivity contribution is 5.95. The summed E-state index contributed by atoms with van der Waals surface area (Å²) in [4.78, 5) is 15.8. The smallest absolute Gasteiger partial charge is 0.253 e. The molecular formula is C15H23N3O. The van der Waals surface area contributed by atoms with Crippen LogP contribution in [-0.4, -0.2) is 38.0 Å². The summed E-state index contributed by atoms with van der Waals surface area (Å²) in [5.74, 6) is 1.35. The molecule has 1 aromatic carbocycles. The summed E-state index contributed by atoms with van der Waals surface area (Å²) < 4.78 is 0. The lowest BCUT2D eigenvalue weighted by molar-refractivity contribution is 0.0827. The van der Waals surface area contributed by atoms with Crippen LogP contribution < -0.4 is 10.6 Å². The number of rotatable bonds is 2. The minimum absolute atomic E-state index is 0.0126. The second-order valence-electron chi connectivity index (χ2n) is 5.83. The average molecular weight is 261 g/mol. The molecule has 2 N–H and O–H groups in total. The fourth-order valence-electron chi connectivity index (χ4n) is 2.56.